The molecule has 8 rings (SSSR count). The molecule has 3 atom stereocenters. The second kappa shape index (κ2) is 21.1. The SMILES string of the molecule is Cc1ncsc1-c1ccc(CNC(=O)[C@@H]2C[C@@H](O)CN2C(=O)[C@@H](NC(=O)c2ccc(-c3ccc(N4CCC(Cn5cc(/C(=C/C(=N)c6ccccc6O)C(=N)N)cn5)CC4)cc3)cc2)C(C)(C)C)cc1. The van der Waals surface area contributed by atoms with Crippen LogP contribution in [0.15, 0.2) is 121 Å². The van der Waals surface area contributed by atoms with Gasteiger partial charge in [0.2, 0.25) is 11.8 Å². The highest BCUT2D eigenvalue weighted by Gasteiger charge is 2.44. The van der Waals surface area contributed by atoms with Crippen LogP contribution in [0.4, 0.5) is 5.69 Å². The van der Waals surface area contributed by atoms with E-state index >= 15 is 0 Å². The van der Waals surface area contributed by atoms with Gasteiger partial charge in [0.05, 0.1) is 34.1 Å². The highest BCUT2D eigenvalue weighted by molar-refractivity contribution is 7.13. The van der Waals surface area contributed by atoms with Crippen molar-refractivity contribution < 1.29 is 24.6 Å². The third kappa shape index (κ3) is 11.4. The smallest absolute Gasteiger partial charge is 0.251 e. The fourth-order valence-corrected chi connectivity index (χ4v) is 9.97. The number of β-amino-alcohol motifs (C(OH)–C–C–N with tert-alkyl or cyclic N) is 1. The first-order valence-electron chi connectivity index (χ1n) is 23.5. The largest absolute Gasteiger partial charge is 0.507 e. The summed E-state index contributed by atoms with van der Waals surface area (Å²) in [5.41, 5.74) is 14.8. The monoisotopic (exact) mass is 960 g/mol. The number of carbonyl (C=O) groups excluding carboxylic acids is 3. The highest BCUT2D eigenvalue weighted by Crippen LogP contribution is 2.31. The lowest BCUT2D eigenvalue weighted by Crippen LogP contribution is -2.57. The maximum Gasteiger partial charge on any atom is 0.251 e. The van der Waals surface area contributed by atoms with Crippen molar-refractivity contribution in [2.24, 2.45) is 17.1 Å². The fourth-order valence-electron chi connectivity index (χ4n) is 9.15. The lowest BCUT2D eigenvalue weighted by molar-refractivity contribution is -0.142. The summed E-state index contributed by atoms with van der Waals surface area (Å²) in [5.74, 6) is -0.996. The number of nitrogens with one attached hydrogen (secondary N) is 4. The number of likely N-dealkylation sites (tertiary alicyclic amines) is 1. The number of aryl methyl sites for hydroxylation is 1. The second-order valence-electron chi connectivity index (χ2n) is 19.3. The molecule has 15 nitrogen and oxygen atoms in total. The van der Waals surface area contributed by atoms with E-state index in [1.54, 1.807) is 47.9 Å². The number of aliphatic hydroxyl groups excluding tert-OH is 1. The first kappa shape index (κ1) is 49.0. The third-order valence-corrected chi connectivity index (χ3v) is 14.1. The molecule has 0 aliphatic carbocycles. The molecule has 0 saturated carbocycles. The first-order chi connectivity index (χ1) is 33.5. The van der Waals surface area contributed by atoms with E-state index in [2.05, 4.69) is 49.9 Å². The van der Waals surface area contributed by atoms with E-state index in [-0.39, 0.29) is 42.7 Å². The van der Waals surface area contributed by atoms with Gasteiger partial charge in [-0.05, 0) is 95.8 Å². The number of thiazole rings is 1. The number of benzene rings is 4. The Morgan fingerprint density at radius 1 is 0.914 bits per heavy atom. The van der Waals surface area contributed by atoms with Crippen LogP contribution < -0.4 is 21.3 Å². The molecule has 0 spiro atoms. The van der Waals surface area contributed by atoms with E-state index in [1.807, 2.05) is 80.5 Å². The summed E-state index contributed by atoms with van der Waals surface area (Å²) in [6, 6.07) is 28.3. The average Bonchev–Trinajstić information content (AvgIpc) is 4.11. The van der Waals surface area contributed by atoms with Crippen molar-refractivity contribution in [1.29, 1.82) is 10.8 Å². The number of amidine groups is 1. The van der Waals surface area contributed by atoms with Crippen molar-refractivity contribution in [3.63, 3.8) is 0 Å². The van der Waals surface area contributed by atoms with Gasteiger partial charge >= 0.3 is 0 Å². The van der Waals surface area contributed by atoms with E-state index in [0.29, 0.717) is 34.7 Å². The van der Waals surface area contributed by atoms with Crippen molar-refractivity contribution in [3.05, 3.63) is 149 Å². The minimum atomic E-state index is -0.965. The van der Waals surface area contributed by atoms with Crippen LogP contribution in [0.3, 0.4) is 0 Å². The number of nitrogens with zero attached hydrogens (tertiary/aromatic N) is 5. The zero-order valence-corrected chi connectivity index (χ0v) is 40.7. The van der Waals surface area contributed by atoms with Gasteiger partial charge in [0.1, 0.15) is 23.7 Å². The number of piperidine rings is 1. The molecule has 0 bridgehead atoms. The Bertz CT molecular complexity index is 2890. The summed E-state index contributed by atoms with van der Waals surface area (Å²) >= 11 is 1.58. The molecule has 0 radical (unpaired) electrons. The average molecular weight is 961 g/mol. The molecule has 16 heteroatoms. The molecule has 4 aromatic carbocycles. The zero-order valence-electron chi connectivity index (χ0n) is 39.9. The van der Waals surface area contributed by atoms with E-state index in [0.717, 1.165) is 64.4 Å². The van der Waals surface area contributed by atoms with Crippen LogP contribution in [0, 0.1) is 29.1 Å². The number of hydrogen-bond donors (Lipinski definition) is 7. The predicted octanol–water partition coefficient (Wildman–Crippen LogP) is 7.41. The third-order valence-electron chi connectivity index (χ3n) is 13.2. The number of carbonyl (C=O) groups is 3. The van der Waals surface area contributed by atoms with E-state index < -0.39 is 35.4 Å². The number of aromatic hydroxyl groups is 1. The summed E-state index contributed by atoms with van der Waals surface area (Å²) < 4.78 is 1.87. The van der Waals surface area contributed by atoms with Crippen LogP contribution >= 0.6 is 11.3 Å². The molecule has 362 valence electrons. The van der Waals surface area contributed by atoms with Crippen molar-refractivity contribution >= 4 is 51.9 Å². The molecule has 2 aliphatic rings. The Balaban J connectivity index is 0.832. The van der Waals surface area contributed by atoms with E-state index in [1.165, 1.54) is 17.0 Å². The number of nitrogens with two attached hydrogens (primary N) is 1. The minimum Gasteiger partial charge on any atom is -0.507 e. The molecular formula is C54H60N10O5S. The summed E-state index contributed by atoms with van der Waals surface area (Å²) in [7, 11) is 0. The fraction of sp³-hybridized carbons (Fsp3) is 0.315. The molecule has 8 N–H and O–H groups in total. The predicted molar refractivity (Wildman–Crippen MR) is 275 cm³/mol. The number of rotatable bonds is 15. The van der Waals surface area contributed by atoms with Gasteiger partial charge < -0.3 is 41.8 Å². The topological polar surface area (TPSA) is 227 Å². The van der Waals surface area contributed by atoms with E-state index in [4.69, 9.17) is 16.6 Å². The van der Waals surface area contributed by atoms with Crippen molar-refractivity contribution in [2.75, 3.05) is 24.5 Å². The van der Waals surface area contributed by atoms with Crippen LogP contribution in [0.1, 0.15) is 72.8 Å². The number of phenolic OH excluding ortho intramolecular Hbond substituents is 1. The van der Waals surface area contributed by atoms with E-state index in [9.17, 15) is 24.6 Å². The van der Waals surface area contributed by atoms with Crippen molar-refractivity contribution in [3.8, 4) is 27.3 Å². The van der Waals surface area contributed by atoms with Gasteiger partial charge in [-0.25, -0.2) is 4.98 Å². The Hall–Kier alpha value is -7.43. The van der Waals surface area contributed by atoms with Crippen LogP contribution in [-0.4, -0.2) is 97.0 Å². The van der Waals surface area contributed by atoms with Gasteiger partial charge in [0.15, 0.2) is 0 Å². The number of aliphatic hydroxyl groups is 1. The van der Waals surface area contributed by atoms with Crippen LogP contribution in [-0.2, 0) is 22.7 Å². The number of allylic oxidation sites excluding steroid dienone is 1. The van der Waals surface area contributed by atoms with Crippen molar-refractivity contribution in [1.82, 2.24) is 30.3 Å². The highest BCUT2D eigenvalue weighted by atomic mass is 32.1. The normalized spacial score (nSPS) is 17.0. The molecular weight excluding hydrogens is 901 g/mol. The molecule has 2 aliphatic heterocycles. The van der Waals surface area contributed by atoms with Gasteiger partial charge in [0, 0.05) is 73.3 Å². The molecule has 70 heavy (non-hydrogen) atoms. The van der Waals surface area contributed by atoms with Gasteiger partial charge in [-0.3, -0.25) is 24.5 Å². The van der Waals surface area contributed by atoms with Gasteiger partial charge in [-0.15, -0.1) is 11.3 Å². The zero-order chi connectivity index (χ0) is 49.7. The molecule has 6 aromatic rings. The lowest BCUT2D eigenvalue weighted by Gasteiger charge is -2.35. The number of para-hydroxylation sites is 1. The van der Waals surface area contributed by atoms with Gasteiger partial charge in [0.25, 0.3) is 5.91 Å². The summed E-state index contributed by atoms with van der Waals surface area (Å²) in [4.78, 5) is 50.8. The lowest BCUT2D eigenvalue weighted by atomic mass is 9.85. The maximum absolute atomic E-state index is 14.2. The second-order valence-corrected chi connectivity index (χ2v) is 20.1. The van der Waals surface area contributed by atoms with Crippen molar-refractivity contribution in [2.45, 2.75) is 78.2 Å². The molecule has 2 fully saturated rings. The molecule has 4 heterocycles. The number of hydrogen-bond acceptors (Lipinski definition) is 11. The molecule has 2 saturated heterocycles. The quantitative estimate of drug-likeness (QED) is 0.0401. The van der Waals surface area contributed by atoms with Crippen LogP contribution in [0.5, 0.6) is 5.75 Å². The molecule has 2 aromatic heterocycles. The van der Waals surface area contributed by atoms with Gasteiger partial charge in [-0.2, -0.15) is 5.10 Å². The van der Waals surface area contributed by atoms with Crippen LogP contribution in [0.2, 0.25) is 0 Å². The summed E-state index contributed by atoms with van der Waals surface area (Å²) in [5, 5.41) is 48.0. The standard InChI is InChI=1S/C54H60N10O5S/c1-33-48(70-32-59-33)38-11-9-34(10-12-38)27-58-52(68)46-25-42(65)31-64(46)53(69)49(54(2,3)4)61-51(67)39-15-13-36(14-16-39)37-17-19-41(20-18-37)62-23-21-35(22-24-62)29-63-30-40(28-60-63)44(50(56)57)26-45(55)43-7-5-6-8-47(43)66/h5-20,26,28,30,32,35,42,46,49,55,65-66H,21-25,27,29,31H2,1-4H3,(H3,56,57)(H,58,68)(H,61,67)/b44-26-,55-45?/t42-,46+,49-/m1/s1. The number of phenols is 1. The number of amides is 3. The number of anilines is 1. The Kier molecular flexibility index (Phi) is 14.7. The molecule has 0 unspecified atom stereocenters. The Morgan fingerprint density at radius 2 is 1.57 bits per heavy atom. The maximum atomic E-state index is 14.2. The van der Waals surface area contributed by atoms with Crippen LogP contribution in [0.25, 0.3) is 27.1 Å². The summed E-state index contributed by atoms with van der Waals surface area (Å²) in [6.07, 6.45) is 6.17. The Morgan fingerprint density at radius 3 is 2.20 bits per heavy atom. The minimum absolute atomic E-state index is 0.0106. The summed E-state index contributed by atoms with van der Waals surface area (Å²) in [6.45, 7) is 10.3. The number of aromatic nitrogens is 3. The Labute approximate surface area is 412 Å². The van der Waals surface area contributed by atoms with Gasteiger partial charge in [-0.1, -0.05) is 81.4 Å². The first-order valence-corrected chi connectivity index (χ1v) is 24.4. The molecule has 3 amide bonds.